The van der Waals surface area contributed by atoms with Crippen LogP contribution in [0.2, 0.25) is 0 Å². The molecular weight excluding hydrogens is 272 g/mol. The third-order valence-corrected chi connectivity index (χ3v) is 4.26. The van der Waals surface area contributed by atoms with Crippen LogP contribution in [0.1, 0.15) is 39.5 Å². The highest BCUT2D eigenvalue weighted by Gasteiger charge is 2.33. The minimum atomic E-state index is -0.133. The molecule has 120 valence electrons. The van der Waals surface area contributed by atoms with Gasteiger partial charge in [-0.3, -0.25) is 4.79 Å². The zero-order chi connectivity index (χ0) is 15.2. The summed E-state index contributed by atoms with van der Waals surface area (Å²) >= 11 is 0. The van der Waals surface area contributed by atoms with E-state index < -0.39 is 0 Å². The van der Waals surface area contributed by atoms with E-state index in [9.17, 15) is 9.59 Å². The van der Waals surface area contributed by atoms with E-state index in [0.29, 0.717) is 32.7 Å². The largest absolute Gasteiger partial charge is 0.466 e. The van der Waals surface area contributed by atoms with Crippen LogP contribution in [-0.2, 0) is 14.3 Å². The molecule has 2 amide bonds. The molecule has 1 saturated heterocycles. The van der Waals surface area contributed by atoms with Gasteiger partial charge in [-0.25, -0.2) is 4.79 Å². The van der Waals surface area contributed by atoms with Crippen LogP contribution >= 0.6 is 0 Å². The molecule has 1 aliphatic heterocycles. The van der Waals surface area contributed by atoms with Gasteiger partial charge in [-0.1, -0.05) is 6.92 Å². The molecule has 0 bridgehead atoms. The number of nitrogens with zero attached hydrogens (tertiary/aromatic N) is 1. The number of rotatable bonds is 4. The quantitative estimate of drug-likeness (QED) is 0.799. The van der Waals surface area contributed by atoms with E-state index in [0.717, 1.165) is 19.3 Å². The van der Waals surface area contributed by atoms with Gasteiger partial charge in [0.25, 0.3) is 0 Å². The number of amides is 2. The first kappa shape index (κ1) is 16.1. The molecule has 2 rings (SSSR count). The van der Waals surface area contributed by atoms with Crippen molar-refractivity contribution in [3.8, 4) is 0 Å². The highest BCUT2D eigenvalue weighted by molar-refractivity contribution is 5.76. The maximum atomic E-state index is 12.3. The second kappa shape index (κ2) is 7.64. The van der Waals surface area contributed by atoms with Crippen molar-refractivity contribution in [3.63, 3.8) is 0 Å². The molecule has 1 aliphatic carbocycles. The van der Waals surface area contributed by atoms with Crippen molar-refractivity contribution >= 4 is 12.0 Å². The molecule has 0 spiro atoms. The van der Waals surface area contributed by atoms with Gasteiger partial charge in [0.2, 0.25) is 0 Å². The maximum absolute atomic E-state index is 12.3. The molecule has 0 aromatic rings. The predicted molar refractivity (Wildman–Crippen MR) is 77.9 cm³/mol. The van der Waals surface area contributed by atoms with E-state index in [1.54, 1.807) is 0 Å². The van der Waals surface area contributed by atoms with Gasteiger partial charge in [-0.05, 0) is 32.6 Å². The standard InChI is InChI=1S/C15H26N2O4/c1-3-13-10-17(7-8-21-13)15(19)16-12-6-5-11(9-12)14(18)20-4-2/h11-13H,3-10H2,1-2H3,(H,16,19)/t11-,12+,13-/m1/s1. The normalized spacial score (nSPS) is 29.2. The lowest BCUT2D eigenvalue weighted by molar-refractivity contribution is -0.147. The Bertz CT molecular complexity index is 375. The highest BCUT2D eigenvalue weighted by Crippen LogP contribution is 2.27. The Morgan fingerprint density at radius 1 is 1.33 bits per heavy atom. The van der Waals surface area contributed by atoms with Gasteiger partial charge in [0.1, 0.15) is 0 Å². The maximum Gasteiger partial charge on any atom is 0.317 e. The zero-order valence-corrected chi connectivity index (χ0v) is 13.0. The molecule has 0 radical (unpaired) electrons. The molecular formula is C15H26N2O4. The van der Waals surface area contributed by atoms with Crippen LogP contribution in [-0.4, -0.2) is 55.3 Å². The van der Waals surface area contributed by atoms with Crippen molar-refractivity contribution in [2.24, 2.45) is 5.92 Å². The average Bonchev–Trinajstić information content (AvgIpc) is 2.96. The van der Waals surface area contributed by atoms with Gasteiger partial charge in [0, 0.05) is 19.1 Å². The first-order chi connectivity index (χ1) is 10.1. The summed E-state index contributed by atoms with van der Waals surface area (Å²) in [5.41, 5.74) is 0. The Kier molecular flexibility index (Phi) is 5.85. The van der Waals surface area contributed by atoms with E-state index in [1.165, 1.54) is 0 Å². The Morgan fingerprint density at radius 3 is 2.86 bits per heavy atom. The third-order valence-electron chi connectivity index (χ3n) is 4.26. The Labute approximate surface area is 126 Å². The minimum absolute atomic E-state index is 0.0359. The fourth-order valence-electron chi connectivity index (χ4n) is 3.00. The molecule has 1 heterocycles. The lowest BCUT2D eigenvalue weighted by Gasteiger charge is -2.33. The van der Waals surface area contributed by atoms with E-state index in [2.05, 4.69) is 12.2 Å². The third kappa shape index (κ3) is 4.33. The van der Waals surface area contributed by atoms with Gasteiger partial charge in [0.05, 0.1) is 25.2 Å². The molecule has 0 unspecified atom stereocenters. The van der Waals surface area contributed by atoms with E-state index in [-0.39, 0.29) is 30.1 Å². The minimum Gasteiger partial charge on any atom is -0.466 e. The van der Waals surface area contributed by atoms with E-state index in [1.807, 2.05) is 11.8 Å². The van der Waals surface area contributed by atoms with Crippen LogP contribution in [0.3, 0.4) is 0 Å². The van der Waals surface area contributed by atoms with Gasteiger partial charge >= 0.3 is 12.0 Å². The van der Waals surface area contributed by atoms with Crippen LogP contribution in [0.4, 0.5) is 4.79 Å². The van der Waals surface area contributed by atoms with Crippen molar-refractivity contribution in [1.82, 2.24) is 10.2 Å². The smallest absolute Gasteiger partial charge is 0.317 e. The van der Waals surface area contributed by atoms with Crippen molar-refractivity contribution in [1.29, 1.82) is 0 Å². The fourth-order valence-corrected chi connectivity index (χ4v) is 3.00. The first-order valence-electron chi connectivity index (χ1n) is 7.97. The predicted octanol–water partition coefficient (Wildman–Crippen LogP) is 1.54. The molecule has 6 nitrogen and oxygen atoms in total. The fraction of sp³-hybridized carbons (Fsp3) is 0.867. The zero-order valence-electron chi connectivity index (χ0n) is 13.0. The number of carbonyl (C=O) groups is 2. The van der Waals surface area contributed by atoms with Crippen molar-refractivity contribution in [2.75, 3.05) is 26.3 Å². The molecule has 1 N–H and O–H groups in total. The number of hydrogen-bond acceptors (Lipinski definition) is 4. The Balaban J connectivity index is 1.77. The van der Waals surface area contributed by atoms with Crippen LogP contribution in [0, 0.1) is 5.92 Å². The average molecular weight is 298 g/mol. The highest BCUT2D eigenvalue weighted by atomic mass is 16.5. The van der Waals surface area contributed by atoms with E-state index >= 15 is 0 Å². The first-order valence-corrected chi connectivity index (χ1v) is 7.97. The Hall–Kier alpha value is -1.30. The number of ether oxygens (including phenoxy) is 2. The summed E-state index contributed by atoms with van der Waals surface area (Å²) in [5, 5.41) is 3.04. The topological polar surface area (TPSA) is 67.9 Å². The van der Waals surface area contributed by atoms with Crippen LogP contribution in [0.15, 0.2) is 0 Å². The molecule has 2 fully saturated rings. The molecule has 6 heteroatoms. The summed E-state index contributed by atoms with van der Waals surface area (Å²) in [6, 6.07) is 0.0427. The summed E-state index contributed by atoms with van der Waals surface area (Å²) in [7, 11) is 0. The lowest BCUT2D eigenvalue weighted by atomic mass is 10.1. The summed E-state index contributed by atoms with van der Waals surface area (Å²) in [6.07, 6.45) is 3.38. The Morgan fingerprint density at radius 2 is 2.14 bits per heavy atom. The molecule has 0 aromatic heterocycles. The van der Waals surface area contributed by atoms with Gasteiger partial charge < -0.3 is 19.7 Å². The van der Waals surface area contributed by atoms with Crippen LogP contribution in [0.5, 0.6) is 0 Å². The van der Waals surface area contributed by atoms with Gasteiger partial charge in [-0.2, -0.15) is 0 Å². The summed E-state index contributed by atoms with van der Waals surface area (Å²) in [5.74, 6) is -0.199. The molecule has 1 saturated carbocycles. The van der Waals surface area contributed by atoms with Crippen LogP contribution in [0.25, 0.3) is 0 Å². The summed E-state index contributed by atoms with van der Waals surface area (Å²) in [6.45, 7) is 6.18. The number of urea groups is 1. The molecule has 3 atom stereocenters. The van der Waals surface area contributed by atoms with Crippen molar-refractivity contribution in [2.45, 2.75) is 51.7 Å². The SMILES string of the molecule is CCOC(=O)[C@@H]1CC[C@H](NC(=O)N2CCO[C@H](CC)C2)C1. The number of nitrogens with one attached hydrogen (secondary N) is 1. The van der Waals surface area contributed by atoms with Crippen molar-refractivity contribution < 1.29 is 19.1 Å². The van der Waals surface area contributed by atoms with E-state index in [4.69, 9.17) is 9.47 Å². The van der Waals surface area contributed by atoms with Crippen LogP contribution < -0.4 is 5.32 Å². The monoisotopic (exact) mass is 298 g/mol. The lowest BCUT2D eigenvalue weighted by Crippen LogP contribution is -2.51. The number of esters is 1. The second-order valence-corrected chi connectivity index (χ2v) is 5.76. The van der Waals surface area contributed by atoms with Gasteiger partial charge in [0.15, 0.2) is 0 Å². The number of carbonyl (C=O) groups excluding carboxylic acids is 2. The van der Waals surface area contributed by atoms with Crippen molar-refractivity contribution in [3.05, 3.63) is 0 Å². The number of hydrogen-bond donors (Lipinski definition) is 1. The molecule has 21 heavy (non-hydrogen) atoms. The molecule has 2 aliphatic rings. The summed E-state index contributed by atoms with van der Waals surface area (Å²) in [4.78, 5) is 25.8. The summed E-state index contributed by atoms with van der Waals surface area (Å²) < 4.78 is 10.6. The second-order valence-electron chi connectivity index (χ2n) is 5.76. The van der Waals surface area contributed by atoms with Gasteiger partial charge in [-0.15, -0.1) is 0 Å². The molecule has 0 aromatic carbocycles. The number of morpholine rings is 1.